The molecule has 11 heteroatoms. The van der Waals surface area contributed by atoms with E-state index in [1.807, 2.05) is 29.7 Å². The highest BCUT2D eigenvalue weighted by molar-refractivity contribution is 7.22. The van der Waals surface area contributed by atoms with Gasteiger partial charge in [0.25, 0.3) is 5.78 Å². The molecule has 0 saturated carbocycles. The van der Waals surface area contributed by atoms with E-state index in [1.165, 1.54) is 35.5 Å². The molecule has 39 heavy (non-hydrogen) atoms. The molecule has 0 radical (unpaired) electrons. The summed E-state index contributed by atoms with van der Waals surface area (Å²) in [5.41, 5.74) is 3.19. The van der Waals surface area contributed by atoms with Crippen LogP contribution in [-0.2, 0) is 9.59 Å². The molecule has 0 bridgehead atoms. The van der Waals surface area contributed by atoms with Gasteiger partial charge in [0.2, 0.25) is 0 Å². The average Bonchev–Trinajstić information content (AvgIpc) is 3.56. The molecule has 1 aliphatic rings. The number of ketones is 1. The van der Waals surface area contributed by atoms with Gasteiger partial charge in [-0.05, 0) is 61.4 Å². The number of carbonyl (C=O) groups is 2. The van der Waals surface area contributed by atoms with Crippen LogP contribution in [0, 0.1) is 13.8 Å². The second-order valence-electron chi connectivity index (χ2n) is 9.14. The number of amides is 1. The number of phenols is 1. The second kappa shape index (κ2) is 9.11. The summed E-state index contributed by atoms with van der Waals surface area (Å²) in [7, 11) is 1.40. The number of pyridine rings is 1. The van der Waals surface area contributed by atoms with E-state index in [9.17, 15) is 19.8 Å². The Hall–Kier alpha value is -4.41. The molecule has 2 aromatic carbocycles. The molecule has 6 rings (SSSR count). The van der Waals surface area contributed by atoms with Gasteiger partial charge in [-0.25, -0.2) is 9.97 Å². The van der Waals surface area contributed by atoms with E-state index in [1.54, 1.807) is 31.2 Å². The predicted octanol–water partition coefficient (Wildman–Crippen LogP) is 5.55. The fourth-order valence-electron chi connectivity index (χ4n) is 4.87. The van der Waals surface area contributed by atoms with Crippen LogP contribution in [0.25, 0.3) is 21.6 Å². The number of aryl methyl sites for hydroxylation is 2. The van der Waals surface area contributed by atoms with Crippen LogP contribution in [0.4, 0.5) is 5.13 Å². The molecule has 1 fully saturated rings. The van der Waals surface area contributed by atoms with Crippen molar-refractivity contribution in [2.75, 3.05) is 12.0 Å². The number of anilines is 1. The maximum absolute atomic E-state index is 13.6. The number of nitrogens with zero attached hydrogens (tertiary/aromatic N) is 4. The van der Waals surface area contributed by atoms with Gasteiger partial charge in [0.05, 0.1) is 34.6 Å². The van der Waals surface area contributed by atoms with Crippen molar-refractivity contribution in [1.29, 1.82) is 0 Å². The first-order valence-corrected chi connectivity index (χ1v) is 13.1. The van der Waals surface area contributed by atoms with E-state index < -0.39 is 23.5 Å². The molecule has 3 aromatic heterocycles. The Morgan fingerprint density at radius 2 is 1.90 bits per heavy atom. The SMILES string of the molecule is COc1cc(C2/C(=C(\O)c3nc4c(C)cccn4c3C)C(=O)C(=O)N2c2nc3ccc(Cl)cc3s2)ccc1O. The number of hydrogen-bond donors (Lipinski definition) is 2. The molecule has 1 atom stereocenters. The number of Topliss-reactive ketones (excluding diaryl/α,β-unsaturated/α-hetero) is 1. The van der Waals surface area contributed by atoms with Crippen LogP contribution in [0.1, 0.15) is 28.6 Å². The zero-order chi connectivity index (χ0) is 27.6. The van der Waals surface area contributed by atoms with Crippen molar-refractivity contribution >= 4 is 61.4 Å². The minimum absolute atomic E-state index is 0.112. The van der Waals surface area contributed by atoms with E-state index in [-0.39, 0.29) is 27.9 Å². The first-order valence-electron chi connectivity index (χ1n) is 11.9. The molecule has 4 heterocycles. The van der Waals surface area contributed by atoms with Crippen LogP contribution in [-0.4, -0.2) is 43.4 Å². The van der Waals surface area contributed by atoms with Gasteiger partial charge >= 0.3 is 5.91 Å². The largest absolute Gasteiger partial charge is 0.505 e. The summed E-state index contributed by atoms with van der Waals surface area (Å²) in [5.74, 6) is -2.10. The molecule has 0 spiro atoms. The number of aliphatic hydroxyl groups excluding tert-OH is 1. The number of imidazole rings is 1. The Morgan fingerprint density at radius 1 is 1.10 bits per heavy atom. The van der Waals surface area contributed by atoms with E-state index in [4.69, 9.17) is 16.3 Å². The third-order valence-corrected chi connectivity index (χ3v) is 8.07. The van der Waals surface area contributed by atoms with E-state index in [2.05, 4.69) is 9.97 Å². The Balaban J connectivity index is 1.61. The summed E-state index contributed by atoms with van der Waals surface area (Å²) >= 11 is 7.36. The third kappa shape index (κ3) is 3.83. The lowest BCUT2D eigenvalue weighted by Crippen LogP contribution is -2.29. The smallest absolute Gasteiger partial charge is 0.301 e. The van der Waals surface area contributed by atoms with Crippen molar-refractivity contribution in [1.82, 2.24) is 14.4 Å². The van der Waals surface area contributed by atoms with Crippen molar-refractivity contribution in [2.45, 2.75) is 19.9 Å². The van der Waals surface area contributed by atoms with Crippen LogP contribution >= 0.6 is 22.9 Å². The zero-order valence-corrected chi connectivity index (χ0v) is 22.5. The zero-order valence-electron chi connectivity index (χ0n) is 21.0. The Kier molecular flexibility index (Phi) is 5.81. The lowest BCUT2D eigenvalue weighted by molar-refractivity contribution is -0.132. The number of aliphatic hydroxyl groups is 1. The minimum Gasteiger partial charge on any atom is -0.505 e. The highest BCUT2D eigenvalue weighted by Gasteiger charge is 2.49. The fourth-order valence-corrected chi connectivity index (χ4v) is 6.14. The van der Waals surface area contributed by atoms with Gasteiger partial charge in [0.15, 0.2) is 22.4 Å². The molecule has 1 amide bonds. The predicted molar refractivity (Wildman–Crippen MR) is 149 cm³/mol. The number of aromatic hydroxyl groups is 1. The van der Waals surface area contributed by atoms with Gasteiger partial charge in [-0.3, -0.25) is 14.5 Å². The van der Waals surface area contributed by atoms with Crippen molar-refractivity contribution in [3.63, 3.8) is 0 Å². The fraction of sp³-hybridized carbons (Fsp3) is 0.143. The maximum atomic E-state index is 13.6. The van der Waals surface area contributed by atoms with Crippen LogP contribution in [0.2, 0.25) is 5.02 Å². The normalized spacial score (nSPS) is 17.0. The van der Waals surface area contributed by atoms with Crippen LogP contribution in [0.15, 0.2) is 60.3 Å². The summed E-state index contributed by atoms with van der Waals surface area (Å²) in [6, 6.07) is 12.3. The van der Waals surface area contributed by atoms with Crippen molar-refractivity contribution in [3.05, 3.63) is 87.8 Å². The monoisotopic (exact) mass is 560 g/mol. The lowest BCUT2D eigenvalue weighted by atomic mass is 9.96. The molecule has 196 valence electrons. The second-order valence-corrected chi connectivity index (χ2v) is 10.6. The first-order chi connectivity index (χ1) is 18.7. The Morgan fingerprint density at radius 3 is 2.64 bits per heavy atom. The number of methoxy groups -OCH3 is 1. The highest BCUT2D eigenvalue weighted by Crippen LogP contribution is 2.46. The standard InChI is InChI=1S/C28H21ClN4O5S/c1-13-5-4-10-32-14(2)22(31-26(13)32)24(35)21-23(15-6-9-18(34)19(11-15)38-3)33(27(37)25(21)36)28-30-17-8-7-16(29)12-20(17)39-28/h4-12,23,34-35H,1-3H3/b24-21+. The number of benzene rings is 2. The number of ether oxygens (including phenoxy) is 1. The number of thiazole rings is 1. The third-order valence-electron chi connectivity index (χ3n) is 6.82. The summed E-state index contributed by atoms with van der Waals surface area (Å²) in [6.07, 6.45) is 1.81. The van der Waals surface area contributed by atoms with Gasteiger partial charge < -0.3 is 19.4 Å². The van der Waals surface area contributed by atoms with Crippen molar-refractivity contribution < 1.29 is 24.5 Å². The number of fused-ring (bicyclic) bond motifs is 2. The quantitative estimate of drug-likeness (QED) is 0.168. The van der Waals surface area contributed by atoms with Gasteiger partial charge in [-0.15, -0.1) is 0 Å². The Labute approximate surface area is 231 Å². The number of carbonyl (C=O) groups excluding carboxylic acids is 2. The number of halogens is 1. The number of hydrogen-bond acceptors (Lipinski definition) is 8. The topological polar surface area (TPSA) is 117 Å². The number of aromatic nitrogens is 3. The van der Waals surface area contributed by atoms with Gasteiger partial charge in [-0.2, -0.15) is 0 Å². The van der Waals surface area contributed by atoms with Crippen LogP contribution < -0.4 is 9.64 Å². The molecular formula is C28H21ClN4O5S. The molecule has 1 saturated heterocycles. The number of rotatable bonds is 4. The van der Waals surface area contributed by atoms with E-state index in [0.29, 0.717) is 27.4 Å². The summed E-state index contributed by atoms with van der Waals surface area (Å²) < 4.78 is 7.84. The first kappa shape index (κ1) is 24.9. The van der Waals surface area contributed by atoms with Crippen LogP contribution in [0.3, 0.4) is 0 Å². The summed E-state index contributed by atoms with van der Waals surface area (Å²) in [5, 5.41) is 22.6. The molecule has 2 N–H and O–H groups in total. The lowest BCUT2D eigenvalue weighted by Gasteiger charge is -2.23. The van der Waals surface area contributed by atoms with E-state index in [0.717, 1.165) is 10.3 Å². The molecule has 9 nitrogen and oxygen atoms in total. The molecule has 5 aromatic rings. The molecule has 1 aliphatic heterocycles. The summed E-state index contributed by atoms with van der Waals surface area (Å²) in [4.78, 5) is 37.6. The van der Waals surface area contributed by atoms with Crippen molar-refractivity contribution in [3.8, 4) is 11.5 Å². The minimum atomic E-state index is -1.07. The van der Waals surface area contributed by atoms with Gasteiger partial charge in [0, 0.05) is 11.2 Å². The summed E-state index contributed by atoms with van der Waals surface area (Å²) in [6.45, 7) is 3.67. The highest BCUT2D eigenvalue weighted by atomic mass is 35.5. The van der Waals surface area contributed by atoms with E-state index >= 15 is 0 Å². The average molecular weight is 561 g/mol. The van der Waals surface area contributed by atoms with Gasteiger partial charge in [-0.1, -0.05) is 35.1 Å². The van der Waals surface area contributed by atoms with Crippen LogP contribution in [0.5, 0.6) is 11.5 Å². The Bertz CT molecular complexity index is 1870. The molecule has 1 unspecified atom stereocenters. The van der Waals surface area contributed by atoms with Crippen molar-refractivity contribution in [2.24, 2.45) is 0 Å². The molecule has 0 aliphatic carbocycles. The maximum Gasteiger partial charge on any atom is 0.301 e. The van der Waals surface area contributed by atoms with Gasteiger partial charge in [0.1, 0.15) is 11.3 Å². The number of phenolic OH excluding ortho intramolecular Hbond substituents is 1. The molecular weight excluding hydrogens is 540 g/mol.